The molecule has 5 nitrogen and oxygen atoms in total. The van der Waals surface area contributed by atoms with Crippen LogP contribution in [-0.4, -0.2) is 29.2 Å². The van der Waals surface area contributed by atoms with Crippen molar-refractivity contribution >= 4 is 49.6 Å². The van der Waals surface area contributed by atoms with Crippen molar-refractivity contribution in [3.8, 4) is 10.4 Å². The molecule has 5 rings (SSSR count). The van der Waals surface area contributed by atoms with Crippen molar-refractivity contribution in [3.05, 3.63) is 78.5 Å². The molecule has 1 amide bonds. The van der Waals surface area contributed by atoms with Crippen LogP contribution < -0.4 is 10.2 Å². The highest BCUT2D eigenvalue weighted by molar-refractivity contribution is 7.22. The number of thiophene rings is 1. The van der Waals surface area contributed by atoms with Crippen molar-refractivity contribution in [1.29, 1.82) is 0 Å². The first kappa shape index (κ1) is 20.3. The van der Waals surface area contributed by atoms with Gasteiger partial charge in [-0.15, -0.1) is 11.3 Å². The lowest BCUT2D eigenvalue weighted by atomic mass is 10.1. The van der Waals surface area contributed by atoms with E-state index in [0.29, 0.717) is 5.56 Å². The fourth-order valence-electron chi connectivity index (χ4n) is 4.05. The van der Waals surface area contributed by atoms with E-state index in [-0.39, 0.29) is 5.91 Å². The van der Waals surface area contributed by atoms with Gasteiger partial charge in [-0.05, 0) is 67.8 Å². The van der Waals surface area contributed by atoms with E-state index >= 15 is 0 Å². The Kier molecular flexibility index (Phi) is 5.37. The van der Waals surface area contributed by atoms with E-state index in [1.54, 1.807) is 17.5 Å². The van der Waals surface area contributed by atoms with E-state index < -0.39 is 0 Å². The zero-order valence-corrected chi connectivity index (χ0v) is 18.9. The number of nitrogens with one attached hydrogen (secondary N) is 2. The maximum atomic E-state index is 13.0. The third kappa shape index (κ3) is 3.74. The first-order chi connectivity index (χ1) is 15.7. The van der Waals surface area contributed by atoms with E-state index in [2.05, 4.69) is 58.5 Å². The third-order valence-corrected chi connectivity index (χ3v) is 6.91. The van der Waals surface area contributed by atoms with Crippen molar-refractivity contribution in [2.75, 3.05) is 23.3 Å². The van der Waals surface area contributed by atoms with Crippen LogP contribution in [0.15, 0.2) is 72.9 Å². The zero-order valence-electron chi connectivity index (χ0n) is 18.1. The van der Waals surface area contributed by atoms with Gasteiger partial charge in [-0.2, -0.15) is 5.10 Å². The molecule has 3 aromatic carbocycles. The lowest BCUT2D eigenvalue weighted by molar-refractivity contribution is 0.102. The second-order valence-corrected chi connectivity index (χ2v) is 8.76. The molecule has 2 N–H and O–H groups in total. The summed E-state index contributed by atoms with van der Waals surface area (Å²) in [5, 5.41) is 12.6. The number of amides is 1. The van der Waals surface area contributed by atoms with Crippen molar-refractivity contribution in [3.63, 3.8) is 0 Å². The Balaban J connectivity index is 1.46. The predicted octanol–water partition coefficient (Wildman–Crippen LogP) is 6.54. The molecule has 0 aliphatic heterocycles. The summed E-state index contributed by atoms with van der Waals surface area (Å²) in [6.07, 6.45) is 1.79. The molecule has 0 aliphatic rings. The quantitative estimate of drug-likeness (QED) is 0.315. The molecule has 32 heavy (non-hydrogen) atoms. The molecular weight excluding hydrogens is 416 g/mol. The highest BCUT2D eigenvalue weighted by Gasteiger charge is 2.14. The standard InChI is InChI=1S/C26H24N4OS/c1-3-30(4-2)21-11-9-17(10-12-21)26(31)28-20-13-19-16-27-29-25(19)22(15-20)24-14-18-7-5-6-8-23(18)32-24/h5-16H,3-4H2,1-2H3,(H,27,29)(H,28,31). The average Bonchev–Trinajstić information content (AvgIpc) is 3.46. The Morgan fingerprint density at radius 3 is 2.53 bits per heavy atom. The van der Waals surface area contributed by atoms with E-state index in [1.165, 1.54) is 10.1 Å². The van der Waals surface area contributed by atoms with Crippen molar-refractivity contribution in [2.24, 2.45) is 0 Å². The van der Waals surface area contributed by atoms with Gasteiger partial charge in [0.1, 0.15) is 0 Å². The lowest BCUT2D eigenvalue weighted by Crippen LogP contribution is -2.21. The van der Waals surface area contributed by atoms with Gasteiger partial charge >= 0.3 is 0 Å². The normalized spacial score (nSPS) is 11.2. The molecule has 0 spiro atoms. The van der Waals surface area contributed by atoms with Crippen LogP contribution in [0, 0.1) is 0 Å². The highest BCUT2D eigenvalue weighted by atomic mass is 32.1. The number of nitrogens with zero attached hydrogens (tertiary/aromatic N) is 2. The molecule has 6 heteroatoms. The van der Waals surface area contributed by atoms with Crippen LogP contribution in [0.5, 0.6) is 0 Å². The van der Waals surface area contributed by atoms with Crippen LogP contribution in [0.3, 0.4) is 0 Å². The number of aromatic nitrogens is 2. The van der Waals surface area contributed by atoms with Gasteiger partial charge in [0.25, 0.3) is 5.91 Å². The number of aromatic amines is 1. The minimum atomic E-state index is -0.124. The summed E-state index contributed by atoms with van der Waals surface area (Å²) in [5.74, 6) is -0.124. The highest BCUT2D eigenvalue weighted by Crippen LogP contribution is 2.38. The molecule has 160 valence electrons. The van der Waals surface area contributed by atoms with E-state index in [1.807, 2.05) is 42.5 Å². The number of H-pyrrole nitrogens is 1. The molecule has 5 aromatic rings. The third-order valence-electron chi connectivity index (χ3n) is 5.76. The summed E-state index contributed by atoms with van der Waals surface area (Å²) in [5.41, 5.74) is 4.52. The maximum absolute atomic E-state index is 13.0. The number of hydrogen-bond donors (Lipinski definition) is 2. The molecule has 0 radical (unpaired) electrons. The molecule has 0 unspecified atom stereocenters. The first-order valence-electron chi connectivity index (χ1n) is 10.8. The van der Waals surface area contributed by atoms with Gasteiger partial charge in [0.2, 0.25) is 0 Å². The van der Waals surface area contributed by atoms with Gasteiger partial charge in [0, 0.05) is 50.6 Å². The maximum Gasteiger partial charge on any atom is 0.255 e. The SMILES string of the molecule is CCN(CC)c1ccc(C(=O)Nc2cc(-c3cc4ccccc4s3)c3[nH]ncc3c2)cc1. The second kappa shape index (κ2) is 8.48. The Morgan fingerprint density at radius 2 is 1.78 bits per heavy atom. The summed E-state index contributed by atoms with van der Waals surface area (Å²) < 4.78 is 1.23. The van der Waals surface area contributed by atoms with Gasteiger partial charge in [0.15, 0.2) is 0 Å². The molecule has 0 saturated heterocycles. The number of rotatable bonds is 6. The van der Waals surface area contributed by atoms with Gasteiger partial charge in [-0.25, -0.2) is 0 Å². The molecular formula is C26H24N4OS. The minimum absolute atomic E-state index is 0.124. The first-order valence-corrected chi connectivity index (χ1v) is 11.6. The Labute approximate surface area is 190 Å². The second-order valence-electron chi connectivity index (χ2n) is 7.68. The lowest BCUT2D eigenvalue weighted by Gasteiger charge is -2.21. The summed E-state index contributed by atoms with van der Waals surface area (Å²) in [6.45, 7) is 6.13. The zero-order chi connectivity index (χ0) is 22.1. The van der Waals surface area contributed by atoms with E-state index in [9.17, 15) is 4.79 Å². The number of benzene rings is 3. The summed E-state index contributed by atoms with van der Waals surface area (Å²) in [6, 6.07) is 22.3. The topological polar surface area (TPSA) is 61.0 Å². The number of carbonyl (C=O) groups excluding carboxylic acids is 1. The molecule has 0 fully saturated rings. The van der Waals surface area contributed by atoms with Crippen molar-refractivity contribution in [2.45, 2.75) is 13.8 Å². The van der Waals surface area contributed by atoms with Gasteiger partial charge in [-0.3, -0.25) is 9.89 Å². The fraction of sp³-hybridized carbons (Fsp3) is 0.154. The van der Waals surface area contributed by atoms with Crippen LogP contribution in [0.1, 0.15) is 24.2 Å². The summed E-state index contributed by atoms with van der Waals surface area (Å²) >= 11 is 1.74. The van der Waals surface area contributed by atoms with Crippen molar-refractivity contribution < 1.29 is 4.79 Å². The Hall–Kier alpha value is -3.64. The Morgan fingerprint density at radius 1 is 1.00 bits per heavy atom. The number of anilines is 2. The van der Waals surface area contributed by atoms with Crippen LogP contribution in [0.25, 0.3) is 31.4 Å². The number of fused-ring (bicyclic) bond motifs is 2. The average molecular weight is 441 g/mol. The van der Waals surface area contributed by atoms with E-state index in [4.69, 9.17) is 0 Å². The van der Waals surface area contributed by atoms with Gasteiger partial charge in [-0.1, -0.05) is 18.2 Å². The molecule has 2 heterocycles. The number of hydrogen-bond acceptors (Lipinski definition) is 4. The molecule has 0 bridgehead atoms. The fourth-order valence-corrected chi connectivity index (χ4v) is 5.14. The van der Waals surface area contributed by atoms with Crippen LogP contribution >= 0.6 is 11.3 Å². The number of carbonyl (C=O) groups is 1. The van der Waals surface area contributed by atoms with Gasteiger partial charge in [0.05, 0.1) is 11.7 Å². The molecule has 0 atom stereocenters. The Bertz CT molecular complexity index is 1360. The van der Waals surface area contributed by atoms with Crippen LogP contribution in [0.2, 0.25) is 0 Å². The van der Waals surface area contributed by atoms with Crippen molar-refractivity contribution in [1.82, 2.24) is 10.2 Å². The van der Waals surface area contributed by atoms with Gasteiger partial charge < -0.3 is 10.2 Å². The molecule has 0 saturated carbocycles. The summed E-state index contributed by atoms with van der Waals surface area (Å²) in [7, 11) is 0. The molecule has 0 aliphatic carbocycles. The largest absolute Gasteiger partial charge is 0.372 e. The molecule has 2 aromatic heterocycles. The summed E-state index contributed by atoms with van der Waals surface area (Å²) in [4.78, 5) is 16.3. The minimum Gasteiger partial charge on any atom is -0.372 e. The van der Waals surface area contributed by atoms with Crippen LogP contribution in [0.4, 0.5) is 11.4 Å². The monoisotopic (exact) mass is 440 g/mol. The van der Waals surface area contributed by atoms with E-state index in [0.717, 1.165) is 45.8 Å². The smallest absolute Gasteiger partial charge is 0.255 e. The van der Waals surface area contributed by atoms with Crippen LogP contribution in [-0.2, 0) is 0 Å². The predicted molar refractivity (Wildman–Crippen MR) is 135 cm³/mol.